The second-order valence-electron chi connectivity index (χ2n) is 4.22. The van der Waals surface area contributed by atoms with Crippen LogP contribution in [0.15, 0.2) is 0 Å². The monoisotopic (exact) mass is 198 g/mol. The maximum atomic E-state index is 11.4. The number of rotatable bonds is 4. The molecule has 0 aromatic rings. The van der Waals surface area contributed by atoms with E-state index in [0.717, 1.165) is 19.3 Å². The van der Waals surface area contributed by atoms with Gasteiger partial charge in [-0.25, -0.2) is 0 Å². The van der Waals surface area contributed by atoms with Gasteiger partial charge in [-0.15, -0.1) is 0 Å². The van der Waals surface area contributed by atoms with E-state index in [1.807, 2.05) is 6.92 Å². The van der Waals surface area contributed by atoms with Gasteiger partial charge in [-0.1, -0.05) is 0 Å². The zero-order chi connectivity index (χ0) is 9.97. The zero-order valence-corrected chi connectivity index (χ0v) is 8.70. The first kappa shape index (κ1) is 9.97. The van der Waals surface area contributed by atoms with Crippen molar-refractivity contribution in [2.75, 3.05) is 6.61 Å². The summed E-state index contributed by atoms with van der Waals surface area (Å²) < 4.78 is 10.8. The first-order chi connectivity index (χ1) is 6.79. The minimum Gasteiger partial charge on any atom is -0.466 e. The number of hydrogen-bond acceptors (Lipinski definition) is 3. The maximum absolute atomic E-state index is 11.4. The normalized spacial score (nSPS) is 31.8. The van der Waals surface area contributed by atoms with Gasteiger partial charge in [-0.3, -0.25) is 4.79 Å². The fourth-order valence-electron chi connectivity index (χ4n) is 2.01. The van der Waals surface area contributed by atoms with Gasteiger partial charge >= 0.3 is 5.97 Å². The fraction of sp³-hybridized carbons (Fsp3) is 0.909. The molecule has 2 rings (SSSR count). The van der Waals surface area contributed by atoms with Crippen LogP contribution in [0.4, 0.5) is 0 Å². The molecular weight excluding hydrogens is 180 g/mol. The van der Waals surface area contributed by atoms with Gasteiger partial charge in [0.25, 0.3) is 0 Å². The van der Waals surface area contributed by atoms with Crippen molar-refractivity contribution in [2.45, 2.75) is 51.2 Å². The van der Waals surface area contributed by atoms with Crippen molar-refractivity contribution in [1.82, 2.24) is 0 Å². The van der Waals surface area contributed by atoms with Crippen LogP contribution in [0.25, 0.3) is 0 Å². The summed E-state index contributed by atoms with van der Waals surface area (Å²) in [6, 6.07) is 0. The second kappa shape index (κ2) is 4.30. The Kier molecular flexibility index (Phi) is 3.06. The molecular formula is C11H18O3. The summed E-state index contributed by atoms with van der Waals surface area (Å²) in [4.78, 5) is 11.4. The van der Waals surface area contributed by atoms with Crippen molar-refractivity contribution in [3.8, 4) is 0 Å². The van der Waals surface area contributed by atoms with Gasteiger partial charge in [0.1, 0.15) is 0 Å². The molecule has 0 aromatic heterocycles. The lowest BCUT2D eigenvalue weighted by molar-refractivity contribution is -0.148. The Hall–Kier alpha value is -0.570. The van der Waals surface area contributed by atoms with Crippen molar-refractivity contribution in [1.29, 1.82) is 0 Å². The van der Waals surface area contributed by atoms with Gasteiger partial charge in [-0.2, -0.15) is 0 Å². The van der Waals surface area contributed by atoms with E-state index in [2.05, 4.69) is 0 Å². The minimum absolute atomic E-state index is 0.0330. The lowest BCUT2D eigenvalue weighted by atomic mass is 10.1. The lowest BCUT2D eigenvalue weighted by Gasteiger charge is -2.11. The third kappa shape index (κ3) is 2.47. The zero-order valence-electron chi connectivity index (χ0n) is 8.70. The van der Waals surface area contributed by atoms with Crippen LogP contribution in [0.2, 0.25) is 0 Å². The molecule has 14 heavy (non-hydrogen) atoms. The van der Waals surface area contributed by atoms with E-state index >= 15 is 0 Å². The number of carbonyl (C=O) groups is 1. The van der Waals surface area contributed by atoms with Crippen LogP contribution >= 0.6 is 0 Å². The highest BCUT2D eigenvalue weighted by molar-refractivity contribution is 5.72. The Morgan fingerprint density at radius 3 is 2.57 bits per heavy atom. The van der Waals surface area contributed by atoms with E-state index < -0.39 is 0 Å². The van der Waals surface area contributed by atoms with Crippen LogP contribution in [0.5, 0.6) is 0 Å². The molecule has 0 saturated heterocycles. The van der Waals surface area contributed by atoms with E-state index in [1.165, 1.54) is 12.8 Å². The highest BCUT2D eigenvalue weighted by Crippen LogP contribution is 2.34. The Balaban J connectivity index is 1.72. The van der Waals surface area contributed by atoms with E-state index in [-0.39, 0.29) is 11.9 Å². The molecule has 0 aromatic carbocycles. The SMILES string of the molecule is CCOC(=O)C1CCC(OC2CC2)C1. The molecule has 3 nitrogen and oxygen atoms in total. The maximum Gasteiger partial charge on any atom is 0.309 e. The molecule has 0 radical (unpaired) electrons. The summed E-state index contributed by atoms with van der Waals surface area (Å²) in [5, 5.41) is 0. The second-order valence-corrected chi connectivity index (χ2v) is 4.22. The van der Waals surface area contributed by atoms with Crippen LogP contribution in [-0.2, 0) is 14.3 Å². The van der Waals surface area contributed by atoms with E-state index in [0.29, 0.717) is 18.8 Å². The molecule has 0 aliphatic heterocycles. The minimum atomic E-state index is -0.0330. The number of carbonyl (C=O) groups excluding carboxylic acids is 1. The van der Waals surface area contributed by atoms with Gasteiger partial charge in [0.15, 0.2) is 0 Å². The van der Waals surface area contributed by atoms with Crippen LogP contribution in [0.3, 0.4) is 0 Å². The summed E-state index contributed by atoms with van der Waals surface area (Å²) in [6.07, 6.45) is 6.07. The van der Waals surface area contributed by atoms with Crippen molar-refractivity contribution < 1.29 is 14.3 Å². The molecule has 0 N–H and O–H groups in total. The van der Waals surface area contributed by atoms with Gasteiger partial charge in [-0.05, 0) is 39.0 Å². The Bertz CT molecular complexity index is 211. The summed E-state index contributed by atoms with van der Waals surface area (Å²) >= 11 is 0. The molecule has 0 heterocycles. The lowest BCUT2D eigenvalue weighted by Crippen LogP contribution is -2.17. The average molecular weight is 198 g/mol. The highest BCUT2D eigenvalue weighted by Gasteiger charge is 2.35. The summed E-state index contributed by atoms with van der Waals surface area (Å²) in [7, 11) is 0. The highest BCUT2D eigenvalue weighted by atomic mass is 16.5. The molecule has 3 heteroatoms. The van der Waals surface area contributed by atoms with Gasteiger partial charge in [0.05, 0.1) is 24.7 Å². The van der Waals surface area contributed by atoms with Gasteiger partial charge in [0, 0.05) is 0 Å². The van der Waals surface area contributed by atoms with Crippen molar-refractivity contribution in [2.24, 2.45) is 5.92 Å². The Labute approximate surface area is 84.8 Å². The predicted octanol–water partition coefficient (Wildman–Crippen LogP) is 1.90. The molecule has 2 atom stereocenters. The van der Waals surface area contributed by atoms with Crippen LogP contribution in [-0.4, -0.2) is 24.8 Å². The smallest absolute Gasteiger partial charge is 0.309 e. The first-order valence-electron chi connectivity index (χ1n) is 5.61. The average Bonchev–Trinajstić information content (AvgIpc) is 2.82. The standard InChI is InChI=1S/C11H18O3/c1-2-13-11(12)8-3-4-10(7-8)14-9-5-6-9/h8-10H,2-7H2,1H3. The van der Waals surface area contributed by atoms with Crippen LogP contribution in [0.1, 0.15) is 39.0 Å². The van der Waals surface area contributed by atoms with Gasteiger partial charge < -0.3 is 9.47 Å². The summed E-state index contributed by atoms with van der Waals surface area (Å²) in [5.41, 5.74) is 0. The topological polar surface area (TPSA) is 35.5 Å². The quantitative estimate of drug-likeness (QED) is 0.647. The van der Waals surface area contributed by atoms with E-state index in [9.17, 15) is 4.79 Å². The summed E-state index contributed by atoms with van der Waals surface area (Å²) in [5.74, 6) is 0.0631. The molecule has 2 aliphatic rings. The first-order valence-corrected chi connectivity index (χ1v) is 5.61. The molecule has 0 bridgehead atoms. The van der Waals surface area contributed by atoms with Crippen LogP contribution in [0, 0.1) is 5.92 Å². The molecule has 2 unspecified atom stereocenters. The van der Waals surface area contributed by atoms with Crippen LogP contribution < -0.4 is 0 Å². The number of esters is 1. The molecule has 2 saturated carbocycles. The Morgan fingerprint density at radius 1 is 1.21 bits per heavy atom. The molecule has 0 spiro atoms. The largest absolute Gasteiger partial charge is 0.466 e. The van der Waals surface area contributed by atoms with Crippen molar-refractivity contribution in [3.05, 3.63) is 0 Å². The molecule has 0 amide bonds. The van der Waals surface area contributed by atoms with Crippen molar-refractivity contribution >= 4 is 5.97 Å². The van der Waals surface area contributed by atoms with Gasteiger partial charge in [0.2, 0.25) is 0 Å². The number of ether oxygens (including phenoxy) is 2. The molecule has 80 valence electrons. The van der Waals surface area contributed by atoms with Crippen molar-refractivity contribution in [3.63, 3.8) is 0 Å². The van der Waals surface area contributed by atoms with E-state index in [1.54, 1.807) is 0 Å². The third-order valence-corrected chi connectivity index (χ3v) is 2.91. The third-order valence-electron chi connectivity index (χ3n) is 2.91. The number of hydrogen-bond donors (Lipinski definition) is 0. The molecule has 2 fully saturated rings. The summed E-state index contributed by atoms with van der Waals surface area (Å²) in [6.45, 7) is 2.34. The van der Waals surface area contributed by atoms with E-state index in [4.69, 9.17) is 9.47 Å². The molecule has 2 aliphatic carbocycles. The predicted molar refractivity (Wildman–Crippen MR) is 51.9 cm³/mol. The Morgan fingerprint density at radius 2 is 1.93 bits per heavy atom. The fourth-order valence-corrected chi connectivity index (χ4v) is 2.01.